The van der Waals surface area contributed by atoms with Gasteiger partial charge in [0.2, 0.25) is 0 Å². The van der Waals surface area contributed by atoms with Gasteiger partial charge in [0.15, 0.2) is 17.8 Å². The summed E-state index contributed by atoms with van der Waals surface area (Å²) in [6, 6.07) is 1.63. The smallest absolute Gasteiger partial charge is 0.164 e. The lowest BCUT2D eigenvalue weighted by atomic mass is 9.79. The number of aromatic nitrogens is 2. The highest BCUT2D eigenvalue weighted by atomic mass is 127. The van der Waals surface area contributed by atoms with Gasteiger partial charge in [0.05, 0.1) is 6.61 Å². The molecule has 0 bridgehead atoms. The van der Waals surface area contributed by atoms with E-state index in [4.69, 9.17) is 5.11 Å². The van der Waals surface area contributed by atoms with E-state index in [1.165, 1.54) is 0 Å². The number of fused-ring (bicyclic) bond motifs is 1. The summed E-state index contributed by atoms with van der Waals surface area (Å²) in [5.74, 6) is -0.660. The number of rotatable bonds is 8. The molecule has 2 aromatic rings. The quantitative estimate of drug-likeness (QED) is 0.173. The molecule has 2 heterocycles. The lowest BCUT2D eigenvalue weighted by Gasteiger charge is -2.39. The molecule has 1 aliphatic rings. The molecule has 1 aliphatic carbocycles. The number of nitrogens with zero attached hydrogens (tertiary/aromatic N) is 2. The zero-order valence-electron chi connectivity index (χ0n) is 17.3. The fraction of sp³-hybridized carbons (Fsp3) is 0.455. The maximum Gasteiger partial charge on any atom is 0.164 e. The Bertz CT molecular complexity index is 1010. The molecule has 0 aromatic carbocycles. The predicted molar refractivity (Wildman–Crippen MR) is 127 cm³/mol. The van der Waals surface area contributed by atoms with Crippen LogP contribution in [0.1, 0.15) is 43.7 Å². The van der Waals surface area contributed by atoms with Gasteiger partial charge in [-0.3, -0.25) is 0 Å². The first-order valence-electron chi connectivity index (χ1n) is 10.1. The molecule has 2 aromatic heterocycles. The van der Waals surface area contributed by atoms with Crippen LogP contribution < -0.4 is 5.32 Å². The summed E-state index contributed by atoms with van der Waals surface area (Å²) in [6.45, 7) is 4.51. The molecule has 0 saturated heterocycles. The molecule has 0 radical (unpaired) electrons. The summed E-state index contributed by atoms with van der Waals surface area (Å²) < 4.78 is 29.5. The van der Waals surface area contributed by atoms with Crippen molar-refractivity contribution in [3.63, 3.8) is 0 Å². The molecule has 168 valence electrons. The number of aliphatic imine (C=N–C) groups is 1. The van der Waals surface area contributed by atoms with Crippen LogP contribution in [-0.4, -0.2) is 50.3 Å². The summed E-state index contributed by atoms with van der Waals surface area (Å²) in [4.78, 5) is 12.0. The van der Waals surface area contributed by atoms with Crippen molar-refractivity contribution in [3.05, 3.63) is 53.9 Å². The first kappa shape index (κ1) is 23.8. The minimum Gasteiger partial charge on any atom is -0.393 e. The third-order valence-electron chi connectivity index (χ3n) is 5.66. The van der Waals surface area contributed by atoms with Gasteiger partial charge in [-0.25, -0.2) is 18.8 Å². The molecule has 3 rings (SSSR count). The van der Waals surface area contributed by atoms with Crippen LogP contribution in [0, 0.1) is 0 Å². The summed E-state index contributed by atoms with van der Waals surface area (Å²) in [6.07, 6.45) is 4.38. The Balaban J connectivity index is 1.89. The predicted octanol–water partition coefficient (Wildman–Crippen LogP) is 4.23. The summed E-state index contributed by atoms with van der Waals surface area (Å²) in [7, 11) is 0. The van der Waals surface area contributed by atoms with E-state index >= 15 is 0 Å². The molecule has 4 N–H and O–H groups in total. The van der Waals surface area contributed by atoms with Gasteiger partial charge in [-0.1, -0.05) is 29.2 Å². The SMILES string of the molecule is C=C/C(F)=C(\N=C(/C)c1c[nH]c2ncc(CI)cc12)N[C@@H]1CCC[C@@](O)(C(F)CO)C1. The molecular weight excluding hydrogens is 517 g/mol. The topological polar surface area (TPSA) is 93.5 Å². The van der Waals surface area contributed by atoms with Crippen molar-refractivity contribution in [1.29, 1.82) is 0 Å². The van der Waals surface area contributed by atoms with Gasteiger partial charge in [-0.15, -0.1) is 0 Å². The molecule has 0 amide bonds. The second-order valence-corrected chi connectivity index (χ2v) is 8.63. The van der Waals surface area contributed by atoms with E-state index in [9.17, 15) is 13.9 Å². The van der Waals surface area contributed by atoms with Crippen molar-refractivity contribution in [1.82, 2.24) is 15.3 Å². The minimum absolute atomic E-state index is 0.0199. The number of H-pyrrole nitrogens is 1. The third-order valence-corrected chi connectivity index (χ3v) is 6.54. The molecule has 31 heavy (non-hydrogen) atoms. The Hall–Kier alpha value is -1.85. The zero-order valence-corrected chi connectivity index (χ0v) is 19.5. The van der Waals surface area contributed by atoms with Gasteiger partial charge >= 0.3 is 0 Å². The van der Waals surface area contributed by atoms with Crippen LogP contribution in [0.3, 0.4) is 0 Å². The Morgan fingerprint density at radius 3 is 3.03 bits per heavy atom. The standard InChI is InChI=1S/C22H27F2IN4O2/c1-3-18(23)21(29-15-5-4-6-22(31,8-15)19(24)12-30)28-13(2)17-11-27-20-16(17)7-14(9-25)10-26-20/h3,7,10-11,15,19,29-31H,1,4-6,8-9,12H2,2H3,(H,26,27)/b21-18-,28-13+/t15-,19?,22+/m1/s1. The van der Waals surface area contributed by atoms with Crippen LogP contribution in [0.15, 0.2) is 47.8 Å². The second kappa shape index (κ2) is 10.2. The van der Waals surface area contributed by atoms with E-state index in [1.54, 1.807) is 19.3 Å². The number of hydrogen-bond acceptors (Lipinski definition) is 5. The highest BCUT2D eigenvalue weighted by Crippen LogP contribution is 2.33. The number of aliphatic hydroxyl groups is 2. The maximum atomic E-state index is 14.6. The van der Waals surface area contributed by atoms with Crippen molar-refractivity contribution < 1.29 is 19.0 Å². The Kier molecular flexibility index (Phi) is 7.82. The molecule has 0 spiro atoms. The largest absolute Gasteiger partial charge is 0.393 e. The van der Waals surface area contributed by atoms with E-state index in [0.717, 1.165) is 32.7 Å². The van der Waals surface area contributed by atoms with Gasteiger partial charge in [0.25, 0.3) is 0 Å². The maximum absolute atomic E-state index is 14.6. The molecule has 1 unspecified atom stereocenters. The van der Waals surface area contributed by atoms with Crippen LogP contribution in [0.4, 0.5) is 8.78 Å². The lowest BCUT2D eigenvalue weighted by molar-refractivity contribution is -0.0849. The van der Waals surface area contributed by atoms with Crippen molar-refractivity contribution >= 4 is 39.3 Å². The fourth-order valence-electron chi connectivity index (χ4n) is 3.95. The molecule has 9 heteroatoms. The van der Waals surface area contributed by atoms with Crippen LogP contribution in [0.5, 0.6) is 0 Å². The summed E-state index contributed by atoms with van der Waals surface area (Å²) in [5, 5.41) is 23.6. The Labute approximate surface area is 193 Å². The number of aromatic amines is 1. The van der Waals surface area contributed by atoms with Gasteiger partial charge in [-0.05, 0) is 50.3 Å². The first-order valence-corrected chi connectivity index (χ1v) is 11.7. The van der Waals surface area contributed by atoms with Gasteiger partial charge in [-0.2, -0.15) is 0 Å². The van der Waals surface area contributed by atoms with Gasteiger partial charge < -0.3 is 20.5 Å². The van der Waals surface area contributed by atoms with Crippen molar-refractivity contribution in [3.8, 4) is 0 Å². The van der Waals surface area contributed by atoms with Crippen molar-refractivity contribution in [2.24, 2.45) is 4.99 Å². The highest BCUT2D eigenvalue weighted by Gasteiger charge is 2.41. The van der Waals surface area contributed by atoms with E-state index in [0.29, 0.717) is 18.6 Å². The number of alkyl halides is 2. The van der Waals surface area contributed by atoms with E-state index < -0.39 is 30.2 Å². The number of halogens is 3. The third kappa shape index (κ3) is 5.32. The van der Waals surface area contributed by atoms with Crippen LogP contribution in [0.25, 0.3) is 11.0 Å². The van der Waals surface area contributed by atoms with Crippen molar-refractivity contribution in [2.45, 2.75) is 54.8 Å². The van der Waals surface area contributed by atoms with E-state index in [-0.39, 0.29) is 18.7 Å². The number of hydrogen-bond donors (Lipinski definition) is 4. The number of pyridine rings is 1. The van der Waals surface area contributed by atoms with E-state index in [2.05, 4.69) is 49.4 Å². The monoisotopic (exact) mass is 544 g/mol. The van der Waals surface area contributed by atoms with Crippen LogP contribution >= 0.6 is 22.6 Å². The number of allylic oxidation sites excluding steroid dienone is 2. The molecule has 1 saturated carbocycles. The number of aliphatic hydroxyl groups excluding tert-OH is 1. The fourth-order valence-corrected chi connectivity index (χ4v) is 4.37. The number of nitrogens with one attached hydrogen (secondary N) is 2. The minimum atomic E-state index is -1.75. The molecule has 3 atom stereocenters. The second-order valence-electron chi connectivity index (χ2n) is 7.86. The summed E-state index contributed by atoms with van der Waals surface area (Å²) >= 11 is 2.27. The molecular formula is C22H27F2IN4O2. The lowest BCUT2D eigenvalue weighted by Crippen LogP contribution is -2.50. The molecule has 6 nitrogen and oxygen atoms in total. The van der Waals surface area contributed by atoms with Crippen LogP contribution in [-0.2, 0) is 4.43 Å². The van der Waals surface area contributed by atoms with Gasteiger partial charge in [0.1, 0.15) is 11.2 Å². The molecule has 0 aliphatic heterocycles. The summed E-state index contributed by atoms with van der Waals surface area (Å²) in [5.41, 5.74) is 1.52. The average Bonchev–Trinajstić information content (AvgIpc) is 3.20. The van der Waals surface area contributed by atoms with Crippen molar-refractivity contribution in [2.75, 3.05) is 6.61 Å². The first-order chi connectivity index (χ1) is 14.8. The average molecular weight is 544 g/mol. The van der Waals surface area contributed by atoms with Crippen LogP contribution in [0.2, 0.25) is 0 Å². The Morgan fingerprint density at radius 2 is 2.35 bits per heavy atom. The zero-order chi connectivity index (χ0) is 22.6. The van der Waals surface area contributed by atoms with Gasteiger partial charge in [0, 0.05) is 39.5 Å². The Morgan fingerprint density at radius 1 is 1.58 bits per heavy atom. The highest BCUT2D eigenvalue weighted by molar-refractivity contribution is 14.1. The normalized spacial score (nSPS) is 24.1. The van der Waals surface area contributed by atoms with E-state index in [1.807, 2.05) is 6.07 Å². The molecule has 1 fully saturated rings.